The zero-order valence-electron chi connectivity index (χ0n) is 10.9. The highest BCUT2D eigenvalue weighted by atomic mass is 31.1. The summed E-state index contributed by atoms with van der Waals surface area (Å²) < 4.78 is 0. The van der Waals surface area contributed by atoms with E-state index in [1.54, 1.807) is 5.31 Å². The second-order valence-electron chi connectivity index (χ2n) is 4.98. The van der Waals surface area contributed by atoms with Crippen LogP contribution in [-0.4, -0.2) is 0 Å². The van der Waals surface area contributed by atoms with Crippen LogP contribution in [0.1, 0.15) is 46.0 Å². The minimum atomic E-state index is 0.744. The molecule has 0 amide bonds. The molecule has 0 aliphatic carbocycles. The van der Waals surface area contributed by atoms with Crippen molar-refractivity contribution in [3.63, 3.8) is 0 Å². The Morgan fingerprint density at radius 1 is 1.12 bits per heavy atom. The van der Waals surface area contributed by atoms with E-state index in [-0.39, 0.29) is 0 Å². The quantitative estimate of drug-likeness (QED) is 0.523. The summed E-state index contributed by atoms with van der Waals surface area (Å²) in [6.07, 6.45) is 6.86. The Labute approximate surface area is 107 Å². The number of hydrogen-bond acceptors (Lipinski definition) is 0. The van der Waals surface area contributed by atoms with Crippen molar-refractivity contribution in [3.8, 4) is 0 Å². The molecule has 1 heterocycles. The van der Waals surface area contributed by atoms with Gasteiger partial charge in [-0.1, -0.05) is 63.8 Å². The van der Waals surface area contributed by atoms with Gasteiger partial charge in [-0.05, 0) is 42.5 Å². The normalized spacial score (nSPS) is 16.9. The lowest BCUT2D eigenvalue weighted by molar-refractivity contribution is 0.574. The molecule has 2 rings (SSSR count). The van der Waals surface area contributed by atoms with Crippen LogP contribution in [0.3, 0.4) is 0 Å². The molecule has 0 nitrogen and oxygen atoms in total. The van der Waals surface area contributed by atoms with Gasteiger partial charge >= 0.3 is 0 Å². The van der Waals surface area contributed by atoms with Crippen LogP contribution in [-0.2, 0) is 0 Å². The van der Waals surface area contributed by atoms with Crippen molar-refractivity contribution in [2.75, 3.05) is 0 Å². The Morgan fingerprint density at radius 2 is 1.94 bits per heavy atom. The fourth-order valence-corrected chi connectivity index (χ4v) is 3.69. The molecule has 1 unspecified atom stereocenters. The van der Waals surface area contributed by atoms with E-state index in [2.05, 4.69) is 43.9 Å². The highest BCUT2D eigenvalue weighted by Crippen LogP contribution is 2.36. The number of benzene rings is 1. The summed E-state index contributed by atoms with van der Waals surface area (Å²) in [5.41, 5.74) is 0. The average molecular weight is 245 g/mol. The first kappa shape index (κ1) is 12.8. The van der Waals surface area contributed by atoms with Gasteiger partial charge in [-0.15, -0.1) is 0 Å². The Kier molecular flexibility index (Phi) is 4.80. The number of unbranched alkanes of at least 4 members (excludes halogenated alkanes) is 3. The lowest BCUT2D eigenvalue weighted by Crippen LogP contribution is -2.23. The van der Waals surface area contributed by atoms with E-state index in [1.807, 2.05) is 0 Å². The highest BCUT2D eigenvalue weighted by Gasteiger charge is 2.12. The first-order valence-corrected chi connectivity index (χ1v) is 7.79. The van der Waals surface area contributed by atoms with Crippen LogP contribution in [0.2, 0.25) is 0 Å². The van der Waals surface area contributed by atoms with Crippen molar-refractivity contribution in [1.29, 1.82) is 0 Å². The van der Waals surface area contributed by atoms with Gasteiger partial charge in [-0.25, -0.2) is 0 Å². The summed E-state index contributed by atoms with van der Waals surface area (Å²) in [4.78, 5) is 0. The third-order valence-corrected chi connectivity index (χ3v) is 4.90. The van der Waals surface area contributed by atoms with E-state index >= 15 is 0 Å². The van der Waals surface area contributed by atoms with Crippen molar-refractivity contribution in [2.45, 2.75) is 46.0 Å². The molecule has 0 bridgehead atoms. The van der Waals surface area contributed by atoms with E-state index in [9.17, 15) is 0 Å². The fourth-order valence-electron chi connectivity index (χ4n) is 2.46. The summed E-state index contributed by atoms with van der Waals surface area (Å²) in [6.45, 7) is 4.67. The SMILES string of the molecule is CCCCCCC(C)C1=c2ccccc2=C[P]1. The molecule has 1 aromatic carbocycles. The lowest BCUT2D eigenvalue weighted by Gasteiger charge is -2.12. The monoisotopic (exact) mass is 245 g/mol. The van der Waals surface area contributed by atoms with Gasteiger partial charge in [0.25, 0.3) is 0 Å². The molecule has 1 aromatic rings. The zero-order valence-corrected chi connectivity index (χ0v) is 11.8. The Bertz CT molecular complexity index is 473. The second-order valence-corrected chi connectivity index (χ2v) is 5.98. The Morgan fingerprint density at radius 3 is 2.76 bits per heavy atom. The topological polar surface area (TPSA) is 0 Å². The van der Waals surface area contributed by atoms with Gasteiger partial charge < -0.3 is 0 Å². The molecular weight excluding hydrogens is 223 g/mol. The van der Waals surface area contributed by atoms with Crippen molar-refractivity contribution in [1.82, 2.24) is 0 Å². The summed E-state index contributed by atoms with van der Waals surface area (Å²) in [5.74, 6) is 3.10. The standard InChI is InChI=1S/C16H22P/c1-3-4-5-6-9-13(2)16-15-11-8-7-10-14(15)12-17-16/h7-8,10-13H,3-6,9H2,1-2H3. The van der Waals surface area contributed by atoms with Gasteiger partial charge in [0.2, 0.25) is 0 Å². The minimum Gasteiger partial charge on any atom is -0.0654 e. The molecule has 0 N–H and O–H groups in total. The number of hydrogen-bond donors (Lipinski definition) is 0. The first-order valence-electron chi connectivity index (χ1n) is 6.83. The van der Waals surface area contributed by atoms with Crippen molar-refractivity contribution in [2.24, 2.45) is 5.92 Å². The molecule has 17 heavy (non-hydrogen) atoms. The third kappa shape index (κ3) is 3.19. The van der Waals surface area contributed by atoms with Gasteiger partial charge in [-0.2, -0.15) is 0 Å². The minimum absolute atomic E-state index is 0.744. The highest BCUT2D eigenvalue weighted by molar-refractivity contribution is 7.58. The lowest BCUT2D eigenvalue weighted by atomic mass is 10.0. The van der Waals surface area contributed by atoms with Gasteiger partial charge in [0.15, 0.2) is 0 Å². The maximum atomic E-state index is 2.39. The molecule has 1 aliphatic heterocycles. The summed E-state index contributed by atoms with van der Waals surface area (Å²) in [6, 6.07) is 8.82. The predicted molar refractivity (Wildman–Crippen MR) is 78.4 cm³/mol. The van der Waals surface area contributed by atoms with Crippen LogP contribution in [0.15, 0.2) is 24.3 Å². The number of fused-ring (bicyclic) bond motifs is 1. The molecule has 0 spiro atoms. The van der Waals surface area contributed by atoms with E-state index in [0.717, 1.165) is 5.92 Å². The summed E-state index contributed by atoms with van der Waals surface area (Å²) >= 11 is 0. The molecule has 0 aromatic heterocycles. The summed E-state index contributed by atoms with van der Waals surface area (Å²) in [7, 11) is 1.43. The van der Waals surface area contributed by atoms with E-state index < -0.39 is 0 Å². The molecule has 1 heteroatoms. The van der Waals surface area contributed by atoms with Crippen LogP contribution in [0.25, 0.3) is 11.1 Å². The third-order valence-electron chi connectivity index (χ3n) is 3.54. The molecule has 0 saturated carbocycles. The fraction of sp³-hybridized carbons (Fsp3) is 0.500. The van der Waals surface area contributed by atoms with E-state index in [1.165, 1.54) is 51.1 Å². The van der Waals surface area contributed by atoms with Crippen molar-refractivity contribution >= 4 is 19.7 Å². The molecular formula is C16H22P. The Balaban J connectivity index is 2.02. The van der Waals surface area contributed by atoms with Gasteiger partial charge in [-0.3, -0.25) is 0 Å². The molecule has 91 valence electrons. The molecule has 0 saturated heterocycles. The van der Waals surface area contributed by atoms with Crippen LogP contribution in [0.5, 0.6) is 0 Å². The molecule has 1 atom stereocenters. The average Bonchev–Trinajstić information content (AvgIpc) is 2.78. The van der Waals surface area contributed by atoms with Crippen LogP contribution in [0.4, 0.5) is 0 Å². The van der Waals surface area contributed by atoms with E-state index in [0.29, 0.717) is 0 Å². The smallest absolute Gasteiger partial charge is 0.0137 e. The van der Waals surface area contributed by atoms with E-state index in [4.69, 9.17) is 0 Å². The Hall–Kier alpha value is -0.610. The first-order chi connectivity index (χ1) is 8.33. The maximum Gasteiger partial charge on any atom is -0.0137 e. The molecule has 0 fully saturated rings. The second kappa shape index (κ2) is 6.36. The number of rotatable bonds is 6. The largest absolute Gasteiger partial charge is 0.0654 e. The van der Waals surface area contributed by atoms with Gasteiger partial charge in [0.1, 0.15) is 0 Å². The molecule has 1 radical (unpaired) electrons. The summed E-state index contributed by atoms with van der Waals surface area (Å²) in [5, 5.41) is 4.57. The zero-order chi connectivity index (χ0) is 12.1. The predicted octanol–water partition coefficient (Wildman–Crippen LogP) is 4.10. The maximum absolute atomic E-state index is 2.39. The van der Waals surface area contributed by atoms with Crippen LogP contribution >= 0.6 is 8.58 Å². The molecule has 1 aliphatic rings. The van der Waals surface area contributed by atoms with Crippen LogP contribution < -0.4 is 10.4 Å². The van der Waals surface area contributed by atoms with Crippen LogP contribution in [0, 0.1) is 5.92 Å². The van der Waals surface area contributed by atoms with Crippen molar-refractivity contribution in [3.05, 3.63) is 34.7 Å². The van der Waals surface area contributed by atoms with Gasteiger partial charge in [0, 0.05) is 0 Å². The van der Waals surface area contributed by atoms with Crippen molar-refractivity contribution < 1.29 is 0 Å². The van der Waals surface area contributed by atoms with Gasteiger partial charge in [0.05, 0.1) is 0 Å².